The van der Waals surface area contributed by atoms with Crippen LogP contribution in [0.25, 0.3) is 0 Å². The smallest absolute Gasteiger partial charge is 0.258 e. The van der Waals surface area contributed by atoms with E-state index in [1.807, 2.05) is 24.3 Å². The van der Waals surface area contributed by atoms with Gasteiger partial charge in [-0.3, -0.25) is 9.59 Å². The van der Waals surface area contributed by atoms with Crippen molar-refractivity contribution in [2.75, 3.05) is 13.2 Å². The molecular formula is C17H24N2O3. The van der Waals surface area contributed by atoms with E-state index in [4.69, 9.17) is 4.74 Å². The van der Waals surface area contributed by atoms with Gasteiger partial charge in [0, 0.05) is 6.04 Å². The molecule has 2 amide bonds. The van der Waals surface area contributed by atoms with Gasteiger partial charge in [-0.25, -0.2) is 0 Å². The minimum Gasteiger partial charge on any atom is -0.483 e. The highest BCUT2D eigenvalue weighted by Crippen LogP contribution is 2.30. The lowest BCUT2D eigenvalue weighted by Crippen LogP contribution is -2.39. The summed E-state index contributed by atoms with van der Waals surface area (Å²) in [7, 11) is 0. The first kappa shape index (κ1) is 16.3. The van der Waals surface area contributed by atoms with Gasteiger partial charge in [0.25, 0.3) is 5.91 Å². The molecule has 120 valence electrons. The number of benzene rings is 1. The zero-order valence-corrected chi connectivity index (χ0v) is 13.4. The first-order valence-electron chi connectivity index (χ1n) is 7.64. The van der Waals surface area contributed by atoms with Gasteiger partial charge in [-0.1, -0.05) is 39.0 Å². The predicted octanol–water partition coefficient (Wildman–Crippen LogP) is 1.76. The molecular weight excluding hydrogens is 280 g/mol. The molecule has 1 aliphatic carbocycles. The number of hydrogen-bond acceptors (Lipinski definition) is 3. The lowest BCUT2D eigenvalue weighted by Gasteiger charge is -2.22. The Kier molecular flexibility index (Phi) is 5.06. The molecule has 0 bridgehead atoms. The molecule has 2 rings (SSSR count). The number of amides is 2. The van der Waals surface area contributed by atoms with Gasteiger partial charge >= 0.3 is 0 Å². The van der Waals surface area contributed by atoms with Crippen molar-refractivity contribution in [3.63, 3.8) is 0 Å². The average molecular weight is 304 g/mol. The van der Waals surface area contributed by atoms with Crippen LogP contribution in [0.5, 0.6) is 5.75 Å². The summed E-state index contributed by atoms with van der Waals surface area (Å²) in [5.41, 5.74) is 0.992. The van der Waals surface area contributed by atoms with Gasteiger partial charge in [0.05, 0.1) is 6.54 Å². The van der Waals surface area contributed by atoms with E-state index in [0.717, 1.165) is 18.4 Å². The van der Waals surface area contributed by atoms with E-state index in [9.17, 15) is 9.59 Å². The fourth-order valence-corrected chi connectivity index (χ4v) is 2.09. The Bertz CT molecular complexity index is 545. The fraction of sp³-hybridized carbons (Fsp3) is 0.529. The van der Waals surface area contributed by atoms with Crippen molar-refractivity contribution in [2.45, 2.75) is 45.1 Å². The predicted molar refractivity (Wildman–Crippen MR) is 84.8 cm³/mol. The van der Waals surface area contributed by atoms with Crippen LogP contribution in [-0.4, -0.2) is 31.0 Å². The summed E-state index contributed by atoms with van der Waals surface area (Å²) in [6, 6.07) is 7.99. The summed E-state index contributed by atoms with van der Waals surface area (Å²) in [6.07, 6.45) is 2.07. The number of hydrogen-bond donors (Lipinski definition) is 2. The number of para-hydroxylation sites is 1. The van der Waals surface area contributed by atoms with Crippen LogP contribution >= 0.6 is 0 Å². The molecule has 5 heteroatoms. The summed E-state index contributed by atoms with van der Waals surface area (Å²) >= 11 is 0. The molecule has 22 heavy (non-hydrogen) atoms. The quantitative estimate of drug-likeness (QED) is 0.841. The monoisotopic (exact) mass is 304 g/mol. The van der Waals surface area contributed by atoms with Crippen molar-refractivity contribution >= 4 is 11.8 Å². The van der Waals surface area contributed by atoms with Crippen molar-refractivity contribution in [1.29, 1.82) is 0 Å². The van der Waals surface area contributed by atoms with Crippen LogP contribution in [0.4, 0.5) is 0 Å². The second-order valence-corrected chi connectivity index (χ2v) is 6.65. The lowest BCUT2D eigenvalue weighted by atomic mass is 9.86. The second-order valence-electron chi connectivity index (χ2n) is 6.65. The summed E-state index contributed by atoms with van der Waals surface area (Å²) in [5, 5.41) is 5.39. The van der Waals surface area contributed by atoms with E-state index < -0.39 is 0 Å². The standard InChI is InChI=1S/C17H24N2O3/c1-17(2,3)13-6-4-5-7-14(13)22-11-16(21)18-10-15(20)19-12-8-9-12/h4-7,12H,8-11H2,1-3H3,(H,18,21)(H,19,20). The molecule has 0 atom stereocenters. The van der Waals surface area contributed by atoms with E-state index in [1.165, 1.54) is 0 Å². The van der Waals surface area contributed by atoms with Crippen molar-refractivity contribution in [3.05, 3.63) is 29.8 Å². The van der Waals surface area contributed by atoms with Gasteiger partial charge in [0.2, 0.25) is 5.91 Å². The molecule has 0 aromatic heterocycles. The van der Waals surface area contributed by atoms with Crippen LogP contribution in [0.1, 0.15) is 39.2 Å². The van der Waals surface area contributed by atoms with Gasteiger partial charge in [0.15, 0.2) is 6.61 Å². The fourth-order valence-electron chi connectivity index (χ4n) is 2.09. The molecule has 1 saturated carbocycles. The molecule has 5 nitrogen and oxygen atoms in total. The normalized spacial score (nSPS) is 14.3. The van der Waals surface area contributed by atoms with Crippen LogP contribution in [0.3, 0.4) is 0 Å². The summed E-state index contributed by atoms with van der Waals surface area (Å²) in [6.45, 7) is 6.19. The topological polar surface area (TPSA) is 67.4 Å². The average Bonchev–Trinajstić information content (AvgIpc) is 3.26. The maximum Gasteiger partial charge on any atom is 0.258 e. The third-order valence-electron chi connectivity index (χ3n) is 3.44. The van der Waals surface area contributed by atoms with E-state index in [-0.39, 0.29) is 30.4 Å². The number of carbonyl (C=O) groups excluding carboxylic acids is 2. The Morgan fingerprint density at radius 1 is 1.18 bits per heavy atom. The Morgan fingerprint density at radius 3 is 2.50 bits per heavy atom. The van der Waals surface area contributed by atoms with Crippen molar-refractivity contribution in [3.8, 4) is 5.75 Å². The largest absolute Gasteiger partial charge is 0.483 e. The molecule has 1 aromatic carbocycles. The summed E-state index contributed by atoms with van der Waals surface area (Å²) in [5.74, 6) is 0.258. The van der Waals surface area contributed by atoms with E-state index >= 15 is 0 Å². The van der Waals surface area contributed by atoms with E-state index in [0.29, 0.717) is 11.8 Å². The van der Waals surface area contributed by atoms with Crippen LogP contribution in [-0.2, 0) is 15.0 Å². The van der Waals surface area contributed by atoms with Crippen LogP contribution in [0.2, 0.25) is 0 Å². The van der Waals surface area contributed by atoms with Crippen molar-refractivity contribution in [2.24, 2.45) is 0 Å². The SMILES string of the molecule is CC(C)(C)c1ccccc1OCC(=O)NCC(=O)NC1CC1. The van der Waals surface area contributed by atoms with Crippen LogP contribution in [0, 0.1) is 0 Å². The molecule has 0 spiro atoms. The zero-order valence-electron chi connectivity index (χ0n) is 13.4. The Balaban J connectivity index is 1.79. The molecule has 1 aliphatic rings. The van der Waals surface area contributed by atoms with Gasteiger partial charge in [-0.15, -0.1) is 0 Å². The second kappa shape index (κ2) is 6.81. The number of nitrogens with one attached hydrogen (secondary N) is 2. The first-order chi connectivity index (χ1) is 10.4. The third-order valence-corrected chi connectivity index (χ3v) is 3.44. The molecule has 0 aliphatic heterocycles. The molecule has 0 unspecified atom stereocenters. The van der Waals surface area contributed by atoms with Crippen molar-refractivity contribution in [1.82, 2.24) is 10.6 Å². The van der Waals surface area contributed by atoms with Crippen molar-refractivity contribution < 1.29 is 14.3 Å². The maximum atomic E-state index is 11.8. The number of ether oxygens (including phenoxy) is 1. The molecule has 0 heterocycles. The molecule has 0 saturated heterocycles. The minimum atomic E-state index is -0.297. The Hall–Kier alpha value is -2.04. The van der Waals surface area contributed by atoms with Gasteiger partial charge in [-0.2, -0.15) is 0 Å². The molecule has 0 radical (unpaired) electrons. The van der Waals surface area contributed by atoms with Gasteiger partial charge in [0.1, 0.15) is 5.75 Å². The first-order valence-corrected chi connectivity index (χ1v) is 7.64. The van der Waals surface area contributed by atoms with Gasteiger partial charge in [-0.05, 0) is 29.9 Å². The Morgan fingerprint density at radius 2 is 1.86 bits per heavy atom. The number of rotatable bonds is 6. The summed E-state index contributed by atoms with van der Waals surface area (Å²) in [4.78, 5) is 23.3. The van der Waals surface area contributed by atoms with Crippen LogP contribution in [0.15, 0.2) is 24.3 Å². The maximum absolute atomic E-state index is 11.8. The van der Waals surface area contributed by atoms with E-state index in [1.54, 1.807) is 0 Å². The highest BCUT2D eigenvalue weighted by molar-refractivity contribution is 5.85. The third kappa shape index (κ3) is 5.06. The summed E-state index contributed by atoms with van der Waals surface area (Å²) < 4.78 is 5.61. The van der Waals surface area contributed by atoms with Gasteiger partial charge < -0.3 is 15.4 Å². The molecule has 2 N–H and O–H groups in total. The Labute approximate surface area is 131 Å². The van der Waals surface area contributed by atoms with Crippen LogP contribution < -0.4 is 15.4 Å². The highest BCUT2D eigenvalue weighted by atomic mass is 16.5. The number of carbonyl (C=O) groups is 2. The highest BCUT2D eigenvalue weighted by Gasteiger charge is 2.23. The van der Waals surface area contributed by atoms with E-state index in [2.05, 4.69) is 31.4 Å². The lowest BCUT2D eigenvalue weighted by molar-refractivity contribution is -0.127. The minimum absolute atomic E-state index is 0.000386. The molecule has 1 aromatic rings. The zero-order chi connectivity index (χ0) is 16.2. The molecule has 1 fully saturated rings.